The summed E-state index contributed by atoms with van der Waals surface area (Å²) in [7, 11) is 0. The Morgan fingerprint density at radius 2 is 1.73 bits per heavy atom. The third-order valence-corrected chi connectivity index (χ3v) is 6.43. The van der Waals surface area contributed by atoms with Gasteiger partial charge >= 0.3 is 0 Å². The van der Waals surface area contributed by atoms with E-state index in [0.29, 0.717) is 17.9 Å². The van der Waals surface area contributed by atoms with Gasteiger partial charge in [-0.25, -0.2) is 0 Å². The Kier molecular flexibility index (Phi) is 5.89. The number of carbonyl (C=O) groups excluding carboxylic acids is 1. The van der Waals surface area contributed by atoms with Crippen molar-refractivity contribution in [3.63, 3.8) is 0 Å². The summed E-state index contributed by atoms with van der Waals surface area (Å²) in [5.41, 5.74) is 7.56. The molecule has 2 aromatic carbocycles. The molecule has 0 saturated heterocycles. The van der Waals surface area contributed by atoms with Crippen molar-refractivity contribution in [1.82, 2.24) is 5.32 Å². The summed E-state index contributed by atoms with van der Waals surface area (Å²) in [6.45, 7) is 2.09. The van der Waals surface area contributed by atoms with Crippen LogP contribution in [0.1, 0.15) is 50.6 Å². The van der Waals surface area contributed by atoms with Gasteiger partial charge in [0.05, 0.1) is 6.04 Å². The maximum atomic E-state index is 12.9. The van der Waals surface area contributed by atoms with Crippen molar-refractivity contribution in [2.24, 2.45) is 23.5 Å². The second-order valence-corrected chi connectivity index (χ2v) is 8.00. The first-order chi connectivity index (χ1) is 12.1. The lowest BCUT2D eigenvalue weighted by Gasteiger charge is -2.43. The average Bonchev–Trinajstić information content (AvgIpc) is 2.60. The third-order valence-electron chi connectivity index (χ3n) is 6.43. The Labute approximate surface area is 162 Å². The summed E-state index contributed by atoms with van der Waals surface area (Å²) < 4.78 is 0. The number of carbonyl (C=O) groups is 1. The van der Waals surface area contributed by atoms with Gasteiger partial charge in [0.15, 0.2) is 0 Å². The van der Waals surface area contributed by atoms with Crippen molar-refractivity contribution in [3.8, 4) is 0 Å². The molecule has 4 heteroatoms. The number of hydrogen-bond acceptors (Lipinski definition) is 2. The van der Waals surface area contributed by atoms with E-state index in [9.17, 15) is 4.79 Å². The Morgan fingerprint density at radius 3 is 2.46 bits per heavy atom. The number of halogens is 1. The van der Waals surface area contributed by atoms with Crippen LogP contribution in [0.2, 0.25) is 0 Å². The molecule has 3 unspecified atom stereocenters. The van der Waals surface area contributed by atoms with Crippen molar-refractivity contribution in [2.75, 3.05) is 0 Å². The highest BCUT2D eigenvalue weighted by atomic mass is 35.5. The van der Waals surface area contributed by atoms with Crippen LogP contribution < -0.4 is 11.1 Å². The minimum atomic E-state index is 0. The highest BCUT2D eigenvalue weighted by Gasteiger charge is 2.40. The average molecular weight is 373 g/mol. The predicted molar refractivity (Wildman–Crippen MR) is 109 cm³/mol. The van der Waals surface area contributed by atoms with Gasteiger partial charge in [0.2, 0.25) is 5.91 Å². The quantitative estimate of drug-likeness (QED) is 0.827. The van der Waals surface area contributed by atoms with Gasteiger partial charge in [-0.1, -0.05) is 48.9 Å². The molecule has 3 N–H and O–H groups in total. The number of rotatable bonds is 3. The van der Waals surface area contributed by atoms with Gasteiger partial charge < -0.3 is 11.1 Å². The monoisotopic (exact) mass is 372 g/mol. The third kappa shape index (κ3) is 3.60. The van der Waals surface area contributed by atoms with E-state index in [1.807, 2.05) is 0 Å². The van der Waals surface area contributed by atoms with E-state index >= 15 is 0 Å². The van der Waals surface area contributed by atoms with E-state index in [-0.39, 0.29) is 30.3 Å². The number of amides is 1. The van der Waals surface area contributed by atoms with Gasteiger partial charge in [0, 0.05) is 12.0 Å². The van der Waals surface area contributed by atoms with Crippen LogP contribution >= 0.6 is 12.4 Å². The topological polar surface area (TPSA) is 55.1 Å². The number of nitrogens with two attached hydrogens (primary N) is 1. The molecule has 3 atom stereocenters. The van der Waals surface area contributed by atoms with Crippen LogP contribution in [0, 0.1) is 17.8 Å². The highest BCUT2D eigenvalue weighted by molar-refractivity contribution is 5.87. The molecule has 0 heterocycles. The number of hydrogen-bond donors (Lipinski definition) is 2. The molecule has 2 bridgehead atoms. The molecule has 26 heavy (non-hydrogen) atoms. The Bertz CT molecular complexity index is 758. The second-order valence-electron chi connectivity index (χ2n) is 8.00. The van der Waals surface area contributed by atoms with E-state index < -0.39 is 0 Å². The smallest absolute Gasteiger partial charge is 0.223 e. The van der Waals surface area contributed by atoms with Crippen LogP contribution in [0.3, 0.4) is 0 Å². The van der Waals surface area contributed by atoms with Crippen molar-refractivity contribution in [1.29, 1.82) is 0 Å². The first kappa shape index (κ1) is 19.2. The van der Waals surface area contributed by atoms with Crippen molar-refractivity contribution in [2.45, 2.75) is 51.1 Å². The van der Waals surface area contributed by atoms with E-state index in [0.717, 1.165) is 12.8 Å². The Morgan fingerprint density at radius 1 is 1.08 bits per heavy atom. The zero-order valence-electron chi connectivity index (χ0n) is 15.4. The lowest BCUT2D eigenvalue weighted by Crippen LogP contribution is -2.49. The van der Waals surface area contributed by atoms with Crippen LogP contribution in [0.25, 0.3) is 10.8 Å². The van der Waals surface area contributed by atoms with Crippen molar-refractivity contribution in [3.05, 3.63) is 48.0 Å². The molecule has 3 nitrogen and oxygen atoms in total. The zero-order valence-corrected chi connectivity index (χ0v) is 16.2. The molecule has 2 aromatic rings. The molecular weight excluding hydrogens is 344 g/mol. The standard InChI is InChI=1S/C22H28N2O.ClH/c1-14(19-11-5-7-15-6-2-3-10-20(15)19)24-22(25)18-12-16-8-4-9-17(13-18)21(16)23;/h2-3,5-7,10-11,14,16-18,21H,4,8-9,12-13,23H2,1H3,(H,24,25);1H. The maximum Gasteiger partial charge on any atom is 0.223 e. The zero-order chi connectivity index (χ0) is 17.4. The van der Waals surface area contributed by atoms with Gasteiger partial charge in [-0.05, 0) is 60.8 Å². The SMILES string of the molecule is CC(NC(=O)C1CC2CCCC(C1)C2N)c1cccc2ccccc12.Cl. The summed E-state index contributed by atoms with van der Waals surface area (Å²) in [5.74, 6) is 1.42. The first-order valence-corrected chi connectivity index (χ1v) is 9.67. The molecule has 4 rings (SSSR count). The number of benzene rings is 2. The van der Waals surface area contributed by atoms with Gasteiger partial charge in [-0.2, -0.15) is 0 Å². The van der Waals surface area contributed by atoms with Crippen LogP contribution in [0.5, 0.6) is 0 Å². The normalized spacial score (nSPS) is 28.8. The van der Waals surface area contributed by atoms with E-state index in [1.54, 1.807) is 0 Å². The van der Waals surface area contributed by atoms with Gasteiger partial charge in [-0.15, -0.1) is 12.4 Å². The van der Waals surface area contributed by atoms with Crippen LogP contribution in [0.4, 0.5) is 0 Å². The fourth-order valence-corrected chi connectivity index (χ4v) is 5.04. The van der Waals surface area contributed by atoms with E-state index in [1.165, 1.54) is 35.6 Å². The summed E-state index contributed by atoms with van der Waals surface area (Å²) in [6.07, 6.45) is 5.60. The molecule has 2 aliphatic carbocycles. The van der Waals surface area contributed by atoms with Gasteiger partial charge in [-0.3, -0.25) is 4.79 Å². The van der Waals surface area contributed by atoms with Crippen molar-refractivity contribution < 1.29 is 4.79 Å². The molecule has 2 aliphatic rings. The van der Waals surface area contributed by atoms with Gasteiger partial charge in [0.1, 0.15) is 0 Å². The summed E-state index contributed by atoms with van der Waals surface area (Å²) in [4.78, 5) is 12.9. The second kappa shape index (κ2) is 7.98. The lowest BCUT2D eigenvalue weighted by atomic mass is 9.65. The Hall–Kier alpha value is -1.58. The summed E-state index contributed by atoms with van der Waals surface area (Å²) in [6, 6.07) is 15.0. The molecule has 0 aromatic heterocycles. The minimum absolute atomic E-state index is 0. The van der Waals surface area contributed by atoms with E-state index in [4.69, 9.17) is 5.73 Å². The molecule has 0 radical (unpaired) electrons. The number of fused-ring (bicyclic) bond motifs is 3. The largest absolute Gasteiger partial charge is 0.349 e. The van der Waals surface area contributed by atoms with Crippen LogP contribution in [-0.2, 0) is 4.79 Å². The fraction of sp³-hybridized carbons (Fsp3) is 0.500. The lowest BCUT2D eigenvalue weighted by molar-refractivity contribution is -0.128. The van der Waals surface area contributed by atoms with Crippen LogP contribution in [-0.4, -0.2) is 11.9 Å². The molecular formula is C22H29ClN2O. The highest BCUT2D eigenvalue weighted by Crippen LogP contribution is 2.42. The van der Waals surface area contributed by atoms with Gasteiger partial charge in [0.25, 0.3) is 0 Å². The maximum absolute atomic E-state index is 12.9. The van der Waals surface area contributed by atoms with Crippen molar-refractivity contribution >= 4 is 29.1 Å². The predicted octanol–water partition coefficient (Wildman–Crippen LogP) is 4.59. The molecule has 2 fully saturated rings. The number of nitrogens with one attached hydrogen (secondary N) is 1. The molecule has 0 spiro atoms. The molecule has 0 aliphatic heterocycles. The first-order valence-electron chi connectivity index (χ1n) is 9.67. The summed E-state index contributed by atoms with van der Waals surface area (Å²) >= 11 is 0. The molecule has 140 valence electrons. The molecule has 2 saturated carbocycles. The van der Waals surface area contributed by atoms with Crippen LogP contribution in [0.15, 0.2) is 42.5 Å². The molecule has 1 amide bonds. The van der Waals surface area contributed by atoms with E-state index in [2.05, 4.69) is 54.7 Å². The Balaban J connectivity index is 0.00000196. The minimum Gasteiger partial charge on any atom is -0.349 e. The summed E-state index contributed by atoms with van der Waals surface area (Å²) in [5, 5.41) is 5.73. The fourth-order valence-electron chi connectivity index (χ4n) is 5.04.